The number of rotatable bonds is 4. The third kappa shape index (κ3) is 3.66. The fourth-order valence-corrected chi connectivity index (χ4v) is 3.60. The largest absolute Gasteiger partial charge is 0.318 e. The number of carbonyl (C=O) groups excluding carboxylic acids is 1. The third-order valence-corrected chi connectivity index (χ3v) is 4.76. The van der Waals surface area contributed by atoms with Crippen LogP contribution in [0.4, 0.5) is 0 Å². The molecule has 0 heterocycles. The molecular formula is C17H28ClNO. The highest BCUT2D eigenvalue weighted by Gasteiger charge is 2.39. The predicted octanol–water partition coefficient (Wildman–Crippen LogP) is 4.75. The van der Waals surface area contributed by atoms with Crippen LogP contribution in [0.15, 0.2) is 23.9 Å². The van der Waals surface area contributed by atoms with Crippen molar-refractivity contribution in [2.24, 2.45) is 10.8 Å². The van der Waals surface area contributed by atoms with E-state index in [1.165, 1.54) is 5.57 Å². The van der Waals surface area contributed by atoms with E-state index in [0.717, 1.165) is 18.5 Å². The number of carbonyl (C=O) groups is 1. The number of amides is 1. The van der Waals surface area contributed by atoms with E-state index in [1.807, 2.05) is 7.05 Å². The predicted molar refractivity (Wildman–Crippen MR) is 86.7 cm³/mol. The van der Waals surface area contributed by atoms with Crippen LogP contribution in [-0.4, -0.2) is 23.2 Å². The molecule has 2 nitrogen and oxygen atoms in total. The van der Waals surface area contributed by atoms with Crippen LogP contribution in [0.25, 0.3) is 0 Å². The molecule has 0 spiro atoms. The van der Waals surface area contributed by atoms with Crippen molar-refractivity contribution in [2.75, 3.05) is 7.05 Å². The Morgan fingerprint density at radius 2 is 2.00 bits per heavy atom. The highest BCUT2D eigenvalue weighted by Crippen LogP contribution is 2.49. The molecule has 1 aliphatic carbocycles. The van der Waals surface area contributed by atoms with Crippen molar-refractivity contribution in [3.63, 3.8) is 0 Å². The molecule has 0 aromatic heterocycles. The van der Waals surface area contributed by atoms with Crippen LogP contribution < -0.4 is 0 Å². The molecule has 0 saturated carbocycles. The van der Waals surface area contributed by atoms with Crippen molar-refractivity contribution in [1.82, 2.24) is 4.90 Å². The normalized spacial score (nSPS) is 22.4. The first-order valence-corrected chi connectivity index (χ1v) is 7.68. The summed E-state index contributed by atoms with van der Waals surface area (Å²) in [5, 5.41) is -0.522. The van der Waals surface area contributed by atoms with Gasteiger partial charge in [-0.2, -0.15) is 0 Å². The molecule has 0 aliphatic heterocycles. The van der Waals surface area contributed by atoms with Gasteiger partial charge in [0.2, 0.25) is 5.91 Å². The standard InChI is InChI=1S/C17H28ClNO/c1-8-9-13(18)15(20)19(7)14-10-16(3,4)11-17(5,6)12(14)2/h8,13H,1,9-11H2,2-7H3. The Labute approximate surface area is 128 Å². The van der Waals surface area contributed by atoms with Gasteiger partial charge in [-0.1, -0.05) is 33.8 Å². The maximum absolute atomic E-state index is 12.4. The van der Waals surface area contributed by atoms with Crippen LogP contribution in [-0.2, 0) is 4.79 Å². The molecule has 1 amide bonds. The SMILES string of the molecule is C=CCC(Cl)C(=O)N(C)C1=C(C)C(C)(C)CC(C)(C)C1. The Balaban J connectivity index is 3.09. The molecule has 1 unspecified atom stereocenters. The fourth-order valence-electron chi connectivity index (χ4n) is 3.33. The summed E-state index contributed by atoms with van der Waals surface area (Å²) in [6, 6.07) is 0. The van der Waals surface area contributed by atoms with Crippen LogP contribution in [0.5, 0.6) is 0 Å². The molecular weight excluding hydrogens is 270 g/mol. The van der Waals surface area contributed by atoms with Crippen molar-refractivity contribution in [3.05, 3.63) is 23.9 Å². The van der Waals surface area contributed by atoms with E-state index in [0.29, 0.717) is 6.42 Å². The van der Waals surface area contributed by atoms with Crippen molar-refractivity contribution in [1.29, 1.82) is 0 Å². The Morgan fingerprint density at radius 1 is 1.45 bits per heavy atom. The minimum Gasteiger partial charge on any atom is -0.318 e. The van der Waals surface area contributed by atoms with Crippen LogP contribution in [0.3, 0.4) is 0 Å². The summed E-state index contributed by atoms with van der Waals surface area (Å²) in [6.07, 6.45) is 4.25. The minimum atomic E-state index is -0.522. The Morgan fingerprint density at radius 3 is 2.50 bits per heavy atom. The second-order valence-corrected chi connectivity index (χ2v) is 7.89. The summed E-state index contributed by atoms with van der Waals surface area (Å²) in [6.45, 7) is 14.8. The van der Waals surface area contributed by atoms with E-state index in [-0.39, 0.29) is 16.7 Å². The van der Waals surface area contributed by atoms with Gasteiger partial charge in [0, 0.05) is 12.7 Å². The zero-order valence-corrected chi connectivity index (χ0v) is 14.5. The summed E-state index contributed by atoms with van der Waals surface area (Å²) in [5.41, 5.74) is 2.75. The molecule has 1 aliphatic rings. The number of alkyl halides is 1. The molecule has 114 valence electrons. The first-order chi connectivity index (χ1) is 9.02. The Hall–Kier alpha value is -0.760. The van der Waals surface area contributed by atoms with Gasteiger partial charge in [0.1, 0.15) is 5.38 Å². The van der Waals surface area contributed by atoms with Gasteiger partial charge in [0.05, 0.1) is 0 Å². The van der Waals surface area contributed by atoms with Crippen LogP contribution >= 0.6 is 11.6 Å². The van der Waals surface area contributed by atoms with Gasteiger partial charge < -0.3 is 4.90 Å². The molecule has 1 rings (SSSR count). The lowest BCUT2D eigenvalue weighted by Crippen LogP contribution is -2.40. The van der Waals surface area contributed by atoms with Gasteiger partial charge in [-0.3, -0.25) is 4.79 Å². The maximum Gasteiger partial charge on any atom is 0.244 e. The smallest absolute Gasteiger partial charge is 0.244 e. The molecule has 0 N–H and O–H groups in total. The Kier molecular flexibility index (Phi) is 5.13. The van der Waals surface area contributed by atoms with Crippen LogP contribution in [0.1, 0.15) is 53.9 Å². The molecule has 3 heteroatoms. The number of nitrogens with zero attached hydrogens (tertiary/aromatic N) is 1. The second kappa shape index (κ2) is 5.93. The molecule has 0 saturated heterocycles. The molecule has 0 radical (unpaired) electrons. The van der Waals surface area contributed by atoms with Crippen molar-refractivity contribution in [2.45, 2.75) is 59.3 Å². The molecule has 1 atom stereocenters. The highest BCUT2D eigenvalue weighted by atomic mass is 35.5. The van der Waals surface area contributed by atoms with E-state index in [2.05, 4.69) is 41.2 Å². The lowest BCUT2D eigenvalue weighted by molar-refractivity contribution is -0.128. The summed E-state index contributed by atoms with van der Waals surface area (Å²) in [7, 11) is 1.84. The number of allylic oxidation sites excluding steroid dienone is 3. The zero-order chi connectivity index (χ0) is 15.7. The molecule has 0 fully saturated rings. The van der Waals surface area contributed by atoms with Crippen molar-refractivity contribution < 1.29 is 4.79 Å². The van der Waals surface area contributed by atoms with Crippen molar-refractivity contribution in [3.8, 4) is 0 Å². The highest BCUT2D eigenvalue weighted by molar-refractivity contribution is 6.30. The molecule has 0 aromatic rings. The lowest BCUT2D eigenvalue weighted by atomic mass is 9.64. The first-order valence-electron chi connectivity index (χ1n) is 7.24. The number of hydrogen-bond acceptors (Lipinski definition) is 1. The first kappa shape index (κ1) is 17.3. The minimum absolute atomic E-state index is 0.0329. The monoisotopic (exact) mass is 297 g/mol. The van der Waals surface area contributed by atoms with Gasteiger partial charge in [-0.15, -0.1) is 18.2 Å². The maximum atomic E-state index is 12.4. The average Bonchev–Trinajstić information content (AvgIpc) is 2.31. The summed E-state index contributed by atoms with van der Waals surface area (Å²) in [4.78, 5) is 14.2. The number of halogens is 1. The van der Waals surface area contributed by atoms with E-state index < -0.39 is 5.38 Å². The van der Waals surface area contributed by atoms with E-state index in [9.17, 15) is 4.79 Å². The summed E-state index contributed by atoms with van der Waals surface area (Å²) < 4.78 is 0. The Bertz CT molecular complexity index is 434. The fraction of sp³-hybridized carbons (Fsp3) is 0.706. The van der Waals surface area contributed by atoms with Crippen molar-refractivity contribution >= 4 is 17.5 Å². The van der Waals surface area contributed by atoms with Gasteiger partial charge in [-0.05, 0) is 42.6 Å². The van der Waals surface area contributed by atoms with Gasteiger partial charge >= 0.3 is 0 Å². The van der Waals surface area contributed by atoms with Crippen LogP contribution in [0, 0.1) is 10.8 Å². The summed E-state index contributed by atoms with van der Waals surface area (Å²) in [5.74, 6) is -0.0329. The van der Waals surface area contributed by atoms with Gasteiger partial charge in [0.15, 0.2) is 0 Å². The second-order valence-electron chi connectivity index (χ2n) is 7.36. The average molecular weight is 298 g/mol. The van der Waals surface area contributed by atoms with E-state index in [4.69, 9.17) is 11.6 Å². The summed E-state index contributed by atoms with van der Waals surface area (Å²) >= 11 is 6.15. The molecule has 0 aromatic carbocycles. The number of hydrogen-bond donors (Lipinski definition) is 0. The third-order valence-electron chi connectivity index (χ3n) is 4.39. The molecule has 20 heavy (non-hydrogen) atoms. The molecule has 0 bridgehead atoms. The van der Waals surface area contributed by atoms with Gasteiger partial charge in [-0.25, -0.2) is 0 Å². The van der Waals surface area contributed by atoms with E-state index >= 15 is 0 Å². The lowest BCUT2D eigenvalue weighted by Gasteiger charge is -2.45. The zero-order valence-electron chi connectivity index (χ0n) is 13.7. The van der Waals surface area contributed by atoms with E-state index in [1.54, 1.807) is 11.0 Å². The quantitative estimate of drug-likeness (QED) is 0.542. The van der Waals surface area contributed by atoms with Gasteiger partial charge in [0.25, 0.3) is 0 Å². The van der Waals surface area contributed by atoms with Crippen LogP contribution in [0.2, 0.25) is 0 Å². The topological polar surface area (TPSA) is 20.3 Å².